The highest BCUT2D eigenvalue weighted by Gasteiger charge is 2.46. The maximum Gasteiger partial charge on any atom is 0.194 e. The van der Waals surface area contributed by atoms with Gasteiger partial charge < -0.3 is 25.2 Å². The maximum absolute atomic E-state index is 9.49. The van der Waals surface area contributed by atoms with Crippen LogP contribution < -0.4 is 0 Å². The molecule has 1 fully saturated rings. The molecule has 1 aliphatic heterocycles. The summed E-state index contributed by atoms with van der Waals surface area (Å²) in [6, 6.07) is 0. The van der Waals surface area contributed by atoms with Gasteiger partial charge in [-0.1, -0.05) is 6.92 Å². The largest absolute Gasteiger partial charge is 0.388 e. The minimum absolute atomic E-state index is 0.164. The molecule has 5 heteroatoms. The molecule has 72 valence electrons. The van der Waals surface area contributed by atoms with Crippen molar-refractivity contribution >= 4 is 0 Å². The van der Waals surface area contributed by atoms with E-state index in [1.807, 2.05) is 0 Å². The first-order valence-corrected chi connectivity index (χ1v) is 3.92. The van der Waals surface area contributed by atoms with Crippen molar-refractivity contribution in [1.29, 1.82) is 0 Å². The van der Waals surface area contributed by atoms with Crippen LogP contribution in [-0.4, -0.2) is 51.1 Å². The average molecular weight is 178 g/mol. The summed E-state index contributed by atoms with van der Waals surface area (Å²) in [5.74, 6) is -1.72. The lowest BCUT2D eigenvalue weighted by molar-refractivity contribution is -0.321. The Kier molecular flexibility index (Phi) is 2.70. The second-order valence-corrected chi connectivity index (χ2v) is 3.01. The van der Waals surface area contributed by atoms with Gasteiger partial charge in [-0.05, 0) is 0 Å². The molecule has 5 nitrogen and oxygen atoms in total. The van der Waals surface area contributed by atoms with E-state index in [0.717, 1.165) is 0 Å². The van der Waals surface area contributed by atoms with Crippen molar-refractivity contribution in [3.8, 4) is 0 Å². The Morgan fingerprint density at radius 3 is 2.50 bits per heavy atom. The zero-order valence-corrected chi connectivity index (χ0v) is 6.84. The summed E-state index contributed by atoms with van der Waals surface area (Å²) in [5, 5.41) is 37.0. The van der Waals surface area contributed by atoms with Gasteiger partial charge in [-0.3, -0.25) is 0 Å². The van der Waals surface area contributed by atoms with Crippen molar-refractivity contribution in [2.24, 2.45) is 0 Å². The third-order valence-electron chi connectivity index (χ3n) is 2.19. The fourth-order valence-corrected chi connectivity index (χ4v) is 1.20. The summed E-state index contributed by atoms with van der Waals surface area (Å²) < 4.78 is 4.81. The molecule has 1 rings (SSSR count). The van der Waals surface area contributed by atoms with Crippen LogP contribution in [0.2, 0.25) is 0 Å². The zero-order chi connectivity index (χ0) is 9.35. The normalized spacial score (nSPS) is 49.2. The first-order valence-electron chi connectivity index (χ1n) is 3.92. The number of rotatable bonds is 1. The van der Waals surface area contributed by atoms with Crippen LogP contribution in [0.1, 0.15) is 13.3 Å². The predicted octanol–water partition coefficient (Wildman–Crippen LogP) is -1.80. The molecule has 4 N–H and O–H groups in total. The molecule has 0 aromatic rings. The average Bonchev–Trinajstić information content (AvgIpc) is 2.09. The topological polar surface area (TPSA) is 90.2 Å². The van der Waals surface area contributed by atoms with Crippen LogP contribution in [0.15, 0.2) is 0 Å². The Bertz CT molecular complexity index is 162. The van der Waals surface area contributed by atoms with E-state index in [1.165, 1.54) is 0 Å². The molecule has 0 aromatic carbocycles. The number of aliphatic hydroxyl groups is 4. The molecule has 0 aliphatic carbocycles. The van der Waals surface area contributed by atoms with Crippen molar-refractivity contribution in [1.82, 2.24) is 0 Å². The van der Waals surface area contributed by atoms with E-state index in [2.05, 4.69) is 0 Å². The van der Waals surface area contributed by atoms with Crippen LogP contribution in [0.4, 0.5) is 0 Å². The minimum atomic E-state index is -1.72. The van der Waals surface area contributed by atoms with Crippen molar-refractivity contribution in [3.05, 3.63) is 0 Å². The number of ether oxygens (including phenoxy) is 1. The van der Waals surface area contributed by atoms with Gasteiger partial charge in [-0.2, -0.15) is 0 Å². The number of hydrogen-bond acceptors (Lipinski definition) is 5. The lowest BCUT2D eigenvalue weighted by atomic mass is 9.95. The van der Waals surface area contributed by atoms with E-state index in [9.17, 15) is 15.3 Å². The molecule has 0 saturated carbocycles. The van der Waals surface area contributed by atoms with Gasteiger partial charge in [0.05, 0.1) is 6.61 Å². The van der Waals surface area contributed by atoms with Gasteiger partial charge in [0.15, 0.2) is 5.79 Å². The molecule has 1 saturated heterocycles. The Morgan fingerprint density at radius 1 is 1.42 bits per heavy atom. The molecule has 0 amide bonds. The standard InChI is InChI=1S/C7H14O5/c1-2-7(11)6(10)5(9)4(8)3-12-7/h4-6,8-11H,2-3H2,1H3/t4-,5?,6?,7+/m1/s1. The van der Waals surface area contributed by atoms with Crippen molar-refractivity contribution in [2.75, 3.05) is 6.61 Å². The summed E-state index contributed by atoms with van der Waals surface area (Å²) in [6.07, 6.45) is -3.76. The van der Waals surface area contributed by atoms with E-state index in [0.29, 0.717) is 0 Å². The van der Waals surface area contributed by atoms with Crippen LogP contribution in [-0.2, 0) is 4.74 Å². The number of hydrogen-bond donors (Lipinski definition) is 4. The predicted molar refractivity (Wildman–Crippen MR) is 39.2 cm³/mol. The Morgan fingerprint density at radius 2 is 2.00 bits per heavy atom. The van der Waals surface area contributed by atoms with Crippen LogP contribution in [0.25, 0.3) is 0 Å². The summed E-state index contributed by atoms with van der Waals surface area (Å²) in [7, 11) is 0. The first kappa shape index (κ1) is 9.88. The summed E-state index contributed by atoms with van der Waals surface area (Å²) in [4.78, 5) is 0. The smallest absolute Gasteiger partial charge is 0.194 e. The van der Waals surface area contributed by atoms with Gasteiger partial charge in [-0.25, -0.2) is 0 Å². The van der Waals surface area contributed by atoms with Gasteiger partial charge in [0.25, 0.3) is 0 Å². The highest BCUT2D eigenvalue weighted by molar-refractivity contribution is 4.90. The van der Waals surface area contributed by atoms with Gasteiger partial charge in [0.1, 0.15) is 18.3 Å². The Balaban J connectivity index is 2.71. The third kappa shape index (κ3) is 1.46. The monoisotopic (exact) mass is 178 g/mol. The fourth-order valence-electron chi connectivity index (χ4n) is 1.20. The van der Waals surface area contributed by atoms with E-state index >= 15 is 0 Å². The lowest BCUT2D eigenvalue weighted by Gasteiger charge is -2.41. The van der Waals surface area contributed by atoms with E-state index in [1.54, 1.807) is 6.92 Å². The Hall–Kier alpha value is -0.200. The van der Waals surface area contributed by atoms with Crippen LogP contribution in [0, 0.1) is 0 Å². The van der Waals surface area contributed by atoms with Crippen molar-refractivity contribution < 1.29 is 25.2 Å². The molecule has 12 heavy (non-hydrogen) atoms. The fraction of sp³-hybridized carbons (Fsp3) is 1.00. The second-order valence-electron chi connectivity index (χ2n) is 3.01. The van der Waals surface area contributed by atoms with Crippen LogP contribution >= 0.6 is 0 Å². The van der Waals surface area contributed by atoms with Crippen LogP contribution in [0.3, 0.4) is 0 Å². The molecule has 4 atom stereocenters. The summed E-state index contributed by atoms with van der Waals surface area (Å²) in [5.41, 5.74) is 0. The third-order valence-corrected chi connectivity index (χ3v) is 2.19. The molecule has 0 bridgehead atoms. The zero-order valence-electron chi connectivity index (χ0n) is 6.84. The molecule has 0 spiro atoms. The lowest BCUT2D eigenvalue weighted by Crippen LogP contribution is -2.60. The molecule has 2 unspecified atom stereocenters. The second kappa shape index (κ2) is 3.27. The van der Waals surface area contributed by atoms with Gasteiger partial charge in [0, 0.05) is 6.42 Å². The highest BCUT2D eigenvalue weighted by Crippen LogP contribution is 2.26. The summed E-state index contributed by atoms with van der Waals surface area (Å²) in [6.45, 7) is 1.45. The molecule has 1 aliphatic rings. The van der Waals surface area contributed by atoms with Crippen molar-refractivity contribution in [3.63, 3.8) is 0 Å². The van der Waals surface area contributed by atoms with Crippen molar-refractivity contribution in [2.45, 2.75) is 37.4 Å². The number of aliphatic hydroxyl groups excluding tert-OH is 3. The SMILES string of the molecule is CC[C@]1(O)OC[C@@H](O)C(O)C1O. The molecule has 1 heterocycles. The Labute approximate surface area is 70.2 Å². The van der Waals surface area contributed by atoms with Crippen LogP contribution in [0.5, 0.6) is 0 Å². The van der Waals surface area contributed by atoms with Gasteiger partial charge >= 0.3 is 0 Å². The van der Waals surface area contributed by atoms with Gasteiger partial charge in [-0.15, -0.1) is 0 Å². The van der Waals surface area contributed by atoms with Gasteiger partial charge in [0.2, 0.25) is 0 Å². The highest BCUT2D eigenvalue weighted by atomic mass is 16.6. The summed E-state index contributed by atoms with van der Waals surface area (Å²) >= 11 is 0. The van der Waals surface area contributed by atoms with E-state index in [4.69, 9.17) is 9.84 Å². The molecular weight excluding hydrogens is 164 g/mol. The molecular formula is C7H14O5. The van der Waals surface area contributed by atoms with E-state index in [-0.39, 0.29) is 13.0 Å². The first-order chi connectivity index (χ1) is 5.51. The molecule has 0 aromatic heterocycles. The minimum Gasteiger partial charge on any atom is -0.388 e. The van der Waals surface area contributed by atoms with E-state index < -0.39 is 24.1 Å². The maximum atomic E-state index is 9.49. The quantitative estimate of drug-likeness (QED) is 0.380. The molecule has 0 radical (unpaired) electrons.